The van der Waals surface area contributed by atoms with Gasteiger partial charge >= 0.3 is 0 Å². The first-order valence-electron chi connectivity index (χ1n) is 5.97. The molecule has 0 saturated carbocycles. The van der Waals surface area contributed by atoms with Crippen LogP contribution in [0.4, 0.5) is 0 Å². The minimum Gasteiger partial charge on any atom is -0.496 e. The number of nitrogens with two attached hydrogens (primary N) is 1. The second kappa shape index (κ2) is 5.28. The molecular weight excluding hydrogens is 296 g/mol. The van der Waals surface area contributed by atoms with Crippen LogP contribution in [-0.4, -0.2) is 30.5 Å². The molecule has 1 aromatic carbocycles. The van der Waals surface area contributed by atoms with Crippen LogP contribution >= 0.6 is 15.9 Å². The van der Waals surface area contributed by atoms with Crippen LogP contribution < -0.4 is 10.5 Å². The molecule has 1 amide bonds. The van der Waals surface area contributed by atoms with Gasteiger partial charge in [-0.15, -0.1) is 0 Å². The first-order valence-corrected chi connectivity index (χ1v) is 6.76. The molecular formula is C13H17BrN2O2. The molecule has 2 atom stereocenters. The number of benzene rings is 1. The van der Waals surface area contributed by atoms with Gasteiger partial charge in [-0.25, -0.2) is 0 Å². The van der Waals surface area contributed by atoms with Crippen molar-refractivity contribution >= 4 is 21.8 Å². The number of amides is 1. The molecule has 0 bridgehead atoms. The Bertz CT molecular complexity index is 464. The first kappa shape index (κ1) is 13.4. The van der Waals surface area contributed by atoms with E-state index in [-0.39, 0.29) is 18.0 Å². The van der Waals surface area contributed by atoms with E-state index in [4.69, 9.17) is 10.5 Å². The van der Waals surface area contributed by atoms with Crippen LogP contribution in [0.15, 0.2) is 22.7 Å². The van der Waals surface area contributed by atoms with Gasteiger partial charge in [0.2, 0.25) is 5.91 Å². The molecule has 1 aromatic rings. The summed E-state index contributed by atoms with van der Waals surface area (Å²) in [5.41, 5.74) is 7.12. The van der Waals surface area contributed by atoms with E-state index in [0.29, 0.717) is 13.0 Å². The van der Waals surface area contributed by atoms with Gasteiger partial charge in [0.15, 0.2) is 0 Å². The molecule has 2 N–H and O–H groups in total. The summed E-state index contributed by atoms with van der Waals surface area (Å²) in [7, 11) is 1.63. The lowest BCUT2D eigenvalue weighted by atomic mass is 10.0. The zero-order chi connectivity index (χ0) is 13.3. The second-order valence-electron chi connectivity index (χ2n) is 4.39. The number of rotatable bonds is 3. The Balaban J connectivity index is 2.35. The zero-order valence-electron chi connectivity index (χ0n) is 10.5. The lowest BCUT2D eigenvalue weighted by molar-refractivity contribution is -0.128. The van der Waals surface area contributed by atoms with E-state index in [2.05, 4.69) is 15.9 Å². The van der Waals surface area contributed by atoms with Crippen molar-refractivity contribution in [2.24, 2.45) is 5.73 Å². The summed E-state index contributed by atoms with van der Waals surface area (Å²) >= 11 is 3.46. The number of methoxy groups -OCH3 is 1. The predicted molar refractivity (Wildman–Crippen MR) is 73.4 cm³/mol. The molecule has 1 saturated heterocycles. The third kappa shape index (κ3) is 2.24. The third-order valence-electron chi connectivity index (χ3n) is 3.33. The Morgan fingerprint density at radius 3 is 2.83 bits per heavy atom. The Morgan fingerprint density at radius 2 is 2.28 bits per heavy atom. The number of hydrogen-bond acceptors (Lipinski definition) is 3. The van der Waals surface area contributed by atoms with Gasteiger partial charge in [0.1, 0.15) is 5.75 Å². The van der Waals surface area contributed by atoms with Crippen LogP contribution in [0.5, 0.6) is 5.75 Å². The van der Waals surface area contributed by atoms with Crippen LogP contribution in [0.2, 0.25) is 0 Å². The quantitative estimate of drug-likeness (QED) is 0.929. The van der Waals surface area contributed by atoms with Gasteiger partial charge in [-0.1, -0.05) is 6.07 Å². The molecule has 2 rings (SSSR count). The van der Waals surface area contributed by atoms with Gasteiger partial charge in [-0.3, -0.25) is 4.79 Å². The van der Waals surface area contributed by atoms with E-state index < -0.39 is 0 Å². The van der Waals surface area contributed by atoms with Crippen molar-refractivity contribution in [3.63, 3.8) is 0 Å². The lowest BCUT2D eigenvalue weighted by Crippen LogP contribution is -2.32. The fraction of sp³-hybridized carbons (Fsp3) is 0.462. The summed E-state index contributed by atoms with van der Waals surface area (Å²) in [4.78, 5) is 13.6. The number of carbonyl (C=O) groups excluding carboxylic acids is 1. The van der Waals surface area contributed by atoms with Crippen molar-refractivity contribution in [2.45, 2.75) is 25.4 Å². The predicted octanol–water partition coefficient (Wildman–Crippen LogP) is 2.08. The van der Waals surface area contributed by atoms with Crippen molar-refractivity contribution < 1.29 is 9.53 Å². The Morgan fingerprint density at radius 1 is 1.56 bits per heavy atom. The number of halogens is 1. The summed E-state index contributed by atoms with van der Waals surface area (Å²) in [5, 5.41) is 0. The number of likely N-dealkylation sites (N-methyl/N-ethyl adjacent to an activating group) is 1. The monoisotopic (exact) mass is 312 g/mol. The molecule has 1 aliphatic rings. The van der Waals surface area contributed by atoms with Crippen LogP contribution in [0.3, 0.4) is 0 Å². The van der Waals surface area contributed by atoms with E-state index in [0.717, 1.165) is 15.8 Å². The number of nitrogens with zero attached hydrogens (tertiary/aromatic N) is 1. The van der Waals surface area contributed by atoms with Crippen LogP contribution in [0, 0.1) is 0 Å². The highest BCUT2D eigenvalue weighted by Crippen LogP contribution is 2.35. The van der Waals surface area contributed by atoms with E-state index >= 15 is 0 Å². The summed E-state index contributed by atoms with van der Waals surface area (Å²) < 4.78 is 6.08. The van der Waals surface area contributed by atoms with Crippen molar-refractivity contribution in [3.8, 4) is 5.75 Å². The second-order valence-corrected chi connectivity index (χ2v) is 5.24. The molecule has 0 aliphatic carbocycles. The van der Waals surface area contributed by atoms with Gasteiger partial charge in [-0.05, 0) is 40.5 Å². The van der Waals surface area contributed by atoms with E-state index in [1.807, 2.05) is 30.0 Å². The first-order chi connectivity index (χ1) is 8.58. The maximum absolute atomic E-state index is 11.8. The normalized spacial score (nSPS) is 23.6. The maximum Gasteiger partial charge on any atom is 0.224 e. The average molecular weight is 313 g/mol. The number of likely N-dealkylation sites (tertiary alicyclic amines) is 1. The van der Waals surface area contributed by atoms with Crippen molar-refractivity contribution in [1.82, 2.24) is 4.90 Å². The highest BCUT2D eigenvalue weighted by molar-refractivity contribution is 9.10. The Labute approximate surface area is 115 Å². The van der Waals surface area contributed by atoms with Crippen molar-refractivity contribution in [2.75, 3.05) is 13.7 Å². The number of hydrogen-bond donors (Lipinski definition) is 1. The largest absolute Gasteiger partial charge is 0.496 e. The fourth-order valence-corrected chi connectivity index (χ4v) is 3.04. The molecule has 4 nitrogen and oxygen atoms in total. The minimum atomic E-state index is -0.141. The molecule has 1 fully saturated rings. The SMILES string of the molecule is CCN1C(=O)CC(N)C1c1ccc(OC)c(Br)c1. The molecule has 0 aromatic heterocycles. The summed E-state index contributed by atoms with van der Waals surface area (Å²) in [6.07, 6.45) is 0.419. The van der Waals surface area contributed by atoms with Crippen molar-refractivity contribution in [1.29, 1.82) is 0 Å². The van der Waals surface area contributed by atoms with Crippen LogP contribution in [-0.2, 0) is 4.79 Å². The van der Waals surface area contributed by atoms with Crippen molar-refractivity contribution in [3.05, 3.63) is 28.2 Å². The topological polar surface area (TPSA) is 55.6 Å². The highest BCUT2D eigenvalue weighted by Gasteiger charge is 2.37. The molecule has 1 heterocycles. The van der Waals surface area contributed by atoms with E-state index in [9.17, 15) is 4.79 Å². The van der Waals surface area contributed by atoms with Gasteiger partial charge in [-0.2, -0.15) is 0 Å². The molecule has 98 valence electrons. The van der Waals surface area contributed by atoms with Gasteiger partial charge in [0.05, 0.1) is 17.6 Å². The molecule has 1 aliphatic heterocycles. The lowest BCUT2D eigenvalue weighted by Gasteiger charge is -2.26. The summed E-state index contributed by atoms with van der Waals surface area (Å²) in [6.45, 7) is 2.66. The fourth-order valence-electron chi connectivity index (χ4n) is 2.48. The van der Waals surface area contributed by atoms with E-state index in [1.165, 1.54) is 0 Å². The number of carbonyl (C=O) groups is 1. The molecule has 0 spiro atoms. The maximum atomic E-state index is 11.8. The van der Waals surface area contributed by atoms with E-state index in [1.54, 1.807) is 7.11 Å². The average Bonchev–Trinajstić information content (AvgIpc) is 2.63. The highest BCUT2D eigenvalue weighted by atomic mass is 79.9. The zero-order valence-corrected chi connectivity index (χ0v) is 12.1. The number of ether oxygens (including phenoxy) is 1. The smallest absolute Gasteiger partial charge is 0.224 e. The molecule has 2 unspecified atom stereocenters. The Kier molecular flexibility index (Phi) is 3.92. The third-order valence-corrected chi connectivity index (χ3v) is 3.95. The minimum absolute atomic E-state index is 0.0373. The standard InChI is InChI=1S/C13H17BrN2O2/c1-3-16-12(17)7-10(15)13(16)8-4-5-11(18-2)9(14)6-8/h4-6,10,13H,3,7,15H2,1-2H3. The van der Waals surface area contributed by atoms with Gasteiger partial charge < -0.3 is 15.4 Å². The van der Waals surface area contributed by atoms with Crippen LogP contribution in [0.25, 0.3) is 0 Å². The molecule has 18 heavy (non-hydrogen) atoms. The molecule has 0 radical (unpaired) electrons. The Hall–Kier alpha value is -1.07. The van der Waals surface area contributed by atoms with Gasteiger partial charge in [0.25, 0.3) is 0 Å². The van der Waals surface area contributed by atoms with Crippen LogP contribution in [0.1, 0.15) is 24.9 Å². The molecule has 5 heteroatoms. The summed E-state index contributed by atoms with van der Waals surface area (Å²) in [5.74, 6) is 0.904. The van der Waals surface area contributed by atoms with Gasteiger partial charge in [0, 0.05) is 19.0 Å². The summed E-state index contributed by atoms with van der Waals surface area (Å²) in [6, 6.07) is 5.66.